The molecule has 0 spiro atoms. The molecule has 0 saturated carbocycles. The lowest BCUT2D eigenvalue weighted by molar-refractivity contribution is 0.0564. The van der Waals surface area contributed by atoms with E-state index in [9.17, 15) is 4.79 Å². The van der Waals surface area contributed by atoms with Crippen molar-refractivity contribution in [2.24, 2.45) is 0 Å². The van der Waals surface area contributed by atoms with E-state index in [0.29, 0.717) is 18.0 Å². The third kappa shape index (κ3) is 2.90. The van der Waals surface area contributed by atoms with Crippen LogP contribution in [0.2, 0.25) is 0 Å². The third-order valence-electron chi connectivity index (χ3n) is 3.16. The van der Waals surface area contributed by atoms with E-state index in [1.54, 1.807) is 0 Å². The summed E-state index contributed by atoms with van der Waals surface area (Å²) in [5.74, 6) is 0.206. The first kappa shape index (κ1) is 14.3. The Morgan fingerprint density at radius 1 is 1.25 bits per heavy atom. The van der Waals surface area contributed by atoms with Crippen molar-refractivity contribution < 1.29 is 13.9 Å². The van der Waals surface area contributed by atoms with Crippen LogP contribution >= 0.6 is 0 Å². The van der Waals surface area contributed by atoms with E-state index in [4.69, 9.17) is 9.15 Å². The van der Waals surface area contributed by atoms with Gasteiger partial charge in [-0.1, -0.05) is 32.4 Å². The van der Waals surface area contributed by atoms with Gasteiger partial charge in [-0.25, -0.2) is 9.78 Å². The van der Waals surface area contributed by atoms with Gasteiger partial charge in [-0.05, 0) is 30.5 Å². The highest BCUT2D eigenvalue weighted by atomic mass is 16.5. The van der Waals surface area contributed by atoms with Crippen molar-refractivity contribution in [3.8, 4) is 11.5 Å². The summed E-state index contributed by atoms with van der Waals surface area (Å²) in [5.41, 5.74) is 2.78. The van der Waals surface area contributed by atoms with Gasteiger partial charge >= 0.3 is 5.97 Å². The predicted molar refractivity (Wildman–Crippen MR) is 76.7 cm³/mol. The van der Waals surface area contributed by atoms with Gasteiger partial charge in [0.25, 0.3) is 0 Å². The molecule has 0 unspecified atom stereocenters. The van der Waals surface area contributed by atoms with Crippen LogP contribution in [-0.4, -0.2) is 18.1 Å². The molecule has 0 aliphatic heterocycles. The second-order valence-electron chi connectivity index (χ2n) is 4.59. The van der Waals surface area contributed by atoms with Crippen molar-refractivity contribution >= 4 is 5.97 Å². The molecule has 1 heterocycles. The second-order valence-corrected chi connectivity index (χ2v) is 4.59. The highest BCUT2D eigenvalue weighted by Gasteiger charge is 2.20. The number of nitrogens with zero attached hydrogens (tertiary/aromatic N) is 1. The number of aryl methyl sites for hydroxylation is 2. The minimum atomic E-state index is -0.475. The van der Waals surface area contributed by atoms with Gasteiger partial charge in [0.1, 0.15) is 0 Å². The van der Waals surface area contributed by atoms with E-state index in [-0.39, 0.29) is 5.76 Å². The fraction of sp³-hybridized carbons (Fsp3) is 0.375. The van der Waals surface area contributed by atoms with Crippen LogP contribution in [0.5, 0.6) is 0 Å². The molecule has 106 valence electrons. The summed E-state index contributed by atoms with van der Waals surface area (Å²) in [6.45, 7) is 4.14. The van der Waals surface area contributed by atoms with E-state index in [1.165, 1.54) is 12.7 Å². The zero-order valence-corrected chi connectivity index (χ0v) is 12.1. The standard InChI is InChI=1S/C16H19NO3/c1-4-6-13-14(16(18)19-3)20-15(17-13)12-9-7-11(5-2)8-10-12/h7-10H,4-6H2,1-3H3. The molecule has 1 aromatic heterocycles. The van der Waals surface area contributed by atoms with Crippen molar-refractivity contribution in [1.82, 2.24) is 4.98 Å². The average Bonchev–Trinajstić information content (AvgIpc) is 2.91. The molecule has 0 atom stereocenters. The van der Waals surface area contributed by atoms with Gasteiger partial charge < -0.3 is 9.15 Å². The number of rotatable bonds is 5. The van der Waals surface area contributed by atoms with Crippen molar-refractivity contribution in [3.63, 3.8) is 0 Å². The van der Waals surface area contributed by atoms with Crippen LogP contribution in [0.4, 0.5) is 0 Å². The molecule has 0 bridgehead atoms. The molecule has 0 aliphatic rings. The number of benzene rings is 1. The molecule has 0 radical (unpaired) electrons. The number of methoxy groups -OCH3 is 1. The summed E-state index contributed by atoms with van der Waals surface area (Å²) >= 11 is 0. The number of aromatic nitrogens is 1. The van der Waals surface area contributed by atoms with Crippen molar-refractivity contribution in [1.29, 1.82) is 0 Å². The van der Waals surface area contributed by atoms with Crippen LogP contribution in [0.1, 0.15) is 42.1 Å². The predicted octanol–water partition coefficient (Wildman–Crippen LogP) is 3.64. The SMILES string of the molecule is CCCc1nc(-c2ccc(CC)cc2)oc1C(=O)OC. The van der Waals surface area contributed by atoms with Crippen LogP contribution in [0.3, 0.4) is 0 Å². The van der Waals surface area contributed by atoms with Crippen LogP contribution in [-0.2, 0) is 17.6 Å². The first-order valence-electron chi connectivity index (χ1n) is 6.86. The molecule has 0 N–H and O–H groups in total. The normalized spacial score (nSPS) is 10.6. The summed E-state index contributed by atoms with van der Waals surface area (Å²) in [6, 6.07) is 8.00. The van der Waals surface area contributed by atoms with Gasteiger partial charge in [0.15, 0.2) is 0 Å². The Kier molecular flexibility index (Phi) is 4.56. The largest absolute Gasteiger partial charge is 0.463 e. The number of ether oxygens (including phenoxy) is 1. The molecular weight excluding hydrogens is 254 g/mol. The number of hydrogen-bond acceptors (Lipinski definition) is 4. The number of oxazole rings is 1. The van der Waals surface area contributed by atoms with Crippen molar-refractivity contribution in [3.05, 3.63) is 41.3 Å². The Balaban J connectivity index is 2.38. The van der Waals surface area contributed by atoms with Gasteiger partial charge in [0, 0.05) is 5.56 Å². The van der Waals surface area contributed by atoms with E-state index < -0.39 is 5.97 Å². The molecule has 2 rings (SSSR count). The zero-order valence-electron chi connectivity index (χ0n) is 12.1. The van der Waals surface area contributed by atoms with Gasteiger partial charge in [-0.2, -0.15) is 0 Å². The molecule has 1 aromatic carbocycles. The summed E-state index contributed by atoms with van der Waals surface area (Å²) in [7, 11) is 1.34. The maximum absolute atomic E-state index is 11.7. The lowest BCUT2D eigenvalue weighted by atomic mass is 10.1. The Morgan fingerprint density at radius 3 is 2.50 bits per heavy atom. The number of carbonyl (C=O) groups is 1. The van der Waals surface area contributed by atoms with Gasteiger partial charge in [0.2, 0.25) is 11.7 Å². The van der Waals surface area contributed by atoms with Crippen LogP contribution in [0.15, 0.2) is 28.7 Å². The molecule has 4 heteroatoms. The van der Waals surface area contributed by atoms with Crippen molar-refractivity contribution in [2.75, 3.05) is 7.11 Å². The minimum absolute atomic E-state index is 0.212. The molecule has 4 nitrogen and oxygen atoms in total. The Morgan fingerprint density at radius 2 is 1.95 bits per heavy atom. The van der Waals surface area contributed by atoms with E-state index >= 15 is 0 Å². The highest BCUT2D eigenvalue weighted by Crippen LogP contribution is 2.24. The zero-order chi connectivity index (χ0) is 14.5. The summed E-state index contributed by atoms with van der Waals surface area (Å²) < 4.78 is 10.3. The summed E-state index contributed by atoms with van der Waals surface area (Å²) in [6.07, 6.45) is 2.58. The summed E-state index contributed by atoms with van der Waals surface area (Å²) in [4.78, 5) is 16.1. The highest BCUT2D eigenvalue weighted by molar-refractivity contribution is 5.87. The topological polar surface area (TPSA) is 52.3 Å². The third-order valence-corrected chi connectivity index (χ3v) is 3.16. The second kappa shape index (κ2) is 6.37. The fourth-order valence-corrected chi connectivity index (χ4v) is 2.02. The Bertz CT molecular complexity index is 584. The van der Waals surface area contributed by atoms with Crippen LogP contribution in [0.25, 0.3) is 11.5 Å². The quantitative estimate of drug-likeness (QED) is 0.780. The first-order chi connectivity index (χ1) is 9.69. The smallest absolute Gasteiger partial charge is 0.376 e. The van der Waals surface area contributed by atoms with Gasteiger partial charge in [-0.15, -0.1) is 0 Å². The van der Waals surface area contributed by atoms with Crippen LogP contribution in [0, 0.1) is 0 Å². The lowest BCUT2D eigenvalue weighted by Gasteiger charge is -1.98. The number of esters is 1. The monoisotopic (exact) mass is 273 g/mol. The number of hydrogen-bond donors (Lipinski definition) is 0. The molecule has 0 fully saturated rings. The number of carbonyl (C=O) groups excluding carboxylic acids is 1. The average molecular weight is 273 g/mol. The van der Waals surface area contributed by atoms with E-state index in [1.807, 2.05) is 31.2 Å². The fourth-order valence-electron chi connectivity index (χ4n) is 2.02. The molecule has 20 heavy (non-hydrogen) atoms. The maximum Gasteiger partial charge on any atom is 0.376 e. The molecule has 0 saturated heterocycles. The van der Waals surface area contributed by atoms with Crippen LogP contribution < -0.4 is 0 Å². The van der Waals surface area contributed by atoms with Gasteiger partial charge in [-0.3, -0.25) is 0 Å². The minimum Gasteiger partial charge on any atom is -0.463 e. The Hall–Kier alpha value is -2.10. The lowest BCUT2D eigenvalue weighted by Crippen LogP contribution is -2.03. The first-order valence-corrected chi connectivity index (χ1v) is 6.86. The van der Waals surface area contributed by atoms with Crippen molar-refractivity contribution in [2.45, 2.75) is 33.1 Å². The molecule has 0 amide bonds. The Labute approximate surface area is 118 Å². The molecule has 2 aromatic rings. The molecular formula is C16H19NO3. The molecule has 0 aliphatic carbocycles. The maximum atomic E-state index is 11.7. The van der Waals surface area contributed by atoms with E-state index in [2.05, 4.69) is 11.9 Å². The van der Waals surface area contributed by atoms with E-state index in [0.717, 1.165) is 18.4 Å². The van der Waals surface area contributed by atoms with Gasteiger partial charge in [0.05, 0.1) is 12.8 Å². The summed E-state index contributed by atoms with van der Waals surface area (Å²) in [5, 5.41) is 0.